The first-order valence-corrected chi connectivity index (χ1v) is 15.6. The van der Waals surface area contributed by atoms with Crippen molar-refractivity contribution >= 4 is 15.7 Å². The number of aliphatic hydroxyl groups is 1. The van der Waals surface area contributed by atoms with Crippen LogP contribution >= 0.6 is 0 Å². The summed E-state index contributed by atoms with van der Waals surface area (Å²) in [6.07, 6.45) is -10.6. The monoisotopic (exact) mass is 655 g/mol. The number of sulfone groups is 1. The number of carbonyl (C=O) groups excluding carboxylic acids is 1. The zero-order chi connectivity index (χ0) is 32.9. The maximum atomic E-state index is 14.8. The maximum absolute atomic E-state index is 14.8. The van der Waals surface area contributed by atoms with Crippen LogP contribution in [0.25, 0.3) is 0 Å². The molecule has 1 aliphatic carbocycles. The Kier molecular flexibility index (Phi) is 8.97. The molecule has 1 amide bonds. The summed E-state index contributed by atoms with van der Waals surface area (Å²) in [5.41, 5.74) is -8.49. The first-order valence-electron chi connectivity index (χ1n) is 14.1. The Balaban J connectivity index is 1.82. The Morgan fingerprint density at radius 3 is 2.00 bits per heavy atom. The van der Waals surface area contributed by atoms with Crippen LogP contribution in [0.2, 0.25) is 0 Å². The Labute approximate surface area is 250 Å². The SMILES string of the molecule is CC[C@]1(C(=O)N2CC[C@](c3ccc(C(F)(C(F)(F)F)C(F)(F)F)cc3)(S(=O)(=O)c3ccc(C)c(F)c3)C2)CC[C@H](CO)CC1. The summed E-state index contributed by atoms with van der Waals surface area (Å²) in [5, 5.41) is 9.53. The molecule has 1 atom stereocenters. The fraction of sp³-hybridized carbons (Fsp3) is 0.567. The number of nitrogens with zero attached hydrogens (tertiary/aromatic N) is 1. The van der Waals surface area contributed by atoms with E-state index in [4.69, 9.17) is 0 Å². The summed E-state index contributed by atoms with van der Waals surface area (Å²) in [5.74, 6) is -1.19. The summed E-state index contributed by atoms with van der Waals surface area (Å²) < 4.78 is 136. The first kappa shape index (κ1) is 34.1. The minimum absolute atomic E-state index is 0.0199. The number of halogens is 8. The third-order valence-electron chi connectivity index (χ3n) is 9.53. The highest BCUT2D eigenvalue weighted by Crippen LogP contribution is 2.54. The van der Waals surface area contributed by atoms with Crippen molar-refractivity contribution in [1.29, 1.82) is 0 Å². The standard InChI is InChI=1S/C30H33F8NO4S/c1-3-26(12-10-20(17-40)11-13-26)25(41)39-15-14-27(18-39,44(42,43)23-9-4-19(2)24(31)16-23)21-5-7-22(8-6-21)28(32,29(33,34)35)30(36,37)38/h4-9,16,20,40H,3,10-15,17-18H2,1-2H3/t20-,26-,27-/m0/s1. The predicted molar refractivity (Wildman–Crippen MR) is 144 cm³/mol. The van der Waals surface area contributed by atoms with Gasteiger partial charge in [0.1, 0.15) is 10.6 Å². The zero-order valence-electron chi connectivity index (χ0n) is 24.0. The number of carbonyl (C=O) groups is 1. The molecule has 44 heavy (non-hydrogen) atoms. The summed E-state index contributed by atoms with van der Waals surface area (Å²) >= 11 is 0. The van der Waals surface area contributed by atoms with E-state index in [1.165, 1.54) is 17.9 Å². The molecule has 2 aliphatic rings. The van der Waals surface area contributed by atoms with Gasteiger partial charge in [0.05, 0.1) is 4.90 Å². The van der Waals surface area contributed by atoms with Crippen LogP contribution in [-0.2, 0) is 25.0 Å². The summed E-state index contributed by atoms with van der Waals surface area (Å²) in [6, 6.07) is 5.01. The van der Waals surface area contributed by atoms with Gasteiger partial charge >= 0.3 is 18.0 Å². The van der Waals surface area contributed by atoms with Gasteiger partial charge in [-0.15, -0.1) is 0 Å². The molecule has 0 radical (unpaired) electrons. The highest BCUT2D eigenvalue weighted by Gasteiger charge is 2.73. The van der Waals surface area contributed by atoms with Gasteiger partial charge in [0.15, 0.2) is 9.84 Å². The number of aliphatic hydroxyl groups excluding tert-OH is 1. The van der Waals surface area contributed by atoms with Crippen LogP contribution in [-0.4, -0.2) is 56.4 Å². The van der Waals surface area contributed by atoms with E-state index in [1.54, 1.807) is 0 Å². The molecule has 0 spiro atoms. The largest absolute Gasteiger partial charge is 0.435 e. The van der Waals surface area contributed by atoms with Crippen LogP contribution < -0.4 is 0 Å². The Hall–Kier alpha value is -2.74. The van der Waals surface area contributed by atoms with E-state index in [1.807, 2.05) is 6.92 Å². The van der Waals surface area contributed by atoms with Crippen LogP contribution in [0.4, 0.5) is 35.1 Å². The van der Waals surface area contributed by atoms with Gasteiger partial charge in [0.25, 0.3) is 0 Å². The van der Waals surface area contributed by atoms with Crippen LogP contribution in [0.5, 0.6) is 0 Å². The average Bonchev–Trinajstić information content (AvgIpc) is 3.44. The normalized spacial score (nSPS) is 25.3. The molecule has 2 fully saturated rings. The molecule has 14 heteroatoms. The van der Waals surface area contributed by atoms with Crippen molar-refractivity contribution < 1.29 is 53.4 Å². The molecule has 0 aromatic heterocycles. The molecule has 4 rings (SSSR count). The van der Waals surface area contributed by atoms with Crippen molar-refractivity contribution in [2.75, 3.05) is 19.7 Å². The Morgan fingerprint density at radius 2 is 1.52 bits per heavy atom. The lowest BCUT2D eigenvalue weighted by atomic mass is 9.68. The van der Waals surface area contributed by atoms with Crippen LogP contribution in [0.3, 0.4) is 0 Å². The number of amides is 1. The van der Waals surface area contributed by atoms with Gasteiger partial charge in [-0.3, -0.25) is 4.79 Å². The molecule has 1 heterocycles. The fourth-order valence-corrected chi connectivity index (χ4v) is 8.58. The summed E-state index contributed by atoms with van der Waals surface area (Å²) in [6.45, 7) is 2.56. The third-order valence-corrected chi connectivity index (χ3v) is 12.0. The second-order valence-corrected chi connectivity index (χ2v) is 14.1. The minimum Gasteiger partial charge on any atom is -0.396 e. The summed E-state index contributed by atoms with van der Waals surface area (Å²) in [4.78, 5) is 14.8. The molecule has 244 valence electrons. The van der Waals surface area contributed by atoms with Crippen molar-refractivity contribution in [3.8, 4) is 0 Å². The van der Waals surface area contributed by atoms with Crippen LogP contribution in [0.15, 0.2) is 47.4 Å². The van der Waals surface area contributed by atoms with Crippen molar-refractivity contribution in [1.82, 2.24) is 4.90 Å². The number of rotatable bonds is 7. The lowest BCUT2D eigenvalue weighted by molar-refractivity contribution is -0.348. The van der Waals surface area contributed by atoms with Crippen molar-refractivity contribution in [2.24, 2.45) is 11.3 Å². The molecule has 2 aromatic carbocycles. The number of benzene rings is 2. The Morgan fingerprint density at radius 1 is 0.955 bits per heavy atom. The minimum atomic E-state index is -6.37. The van der Waals surface area contributed by atoms with E-state index >= 15 is 0 Å². The van der Waals surface area contributed by atoms with Crippen molar-refractivity contribution in [3.63, 3.8) is 0 Å². The molecule has 2 aromatic rings. The second kappa shape index (κ2) is 11.6. The number of aryl methyl sites for hydroxylation is 1. The number of hydrogen-bond donors (Lipinski definition) is 1. The number of hydrogen-bond acceptors (Lipinski definition) is 4. The molecular formula is C30H33F8NO4S. The van der Waals surface area contributed by atoms with Crippen molar-refractivity contribution in [2.45, 2.75) is 80.0 Å². The van der Waals surface area contributed by atoms with E-state index in [-0.39, 0.29) is 54.7 Å². The van der Waals surface area contributed by atoms with E-state index in [9.17, 15) is 53.4 Å². The first-order chi connectivity index (χ1) is 20.3. The third kappa shape index (κ3) is 5.39. The topological polar surface area (TPSA) is 74.7 Å². The van der Waals surface area contributed by atoms with E-state index in [0.29, 0.717) is 44.2 Å². The Bertz CT molecular complexity index is 1470. The predicted octanol–water partition coefficient (Wildman–Crippen LogP) is 6.90. The molecule has 1 aliphatic heterocycles. The fourth-order valence-electron chi connectivity index (χ4n) is 6.49. The number of likely N-dealkylation sites (tertiary alicyclic amines) is 1. The van der Waals surface area contributed by atoms with Crippen LogP contribution in [0.1, 0.15) is 62.1 Å². The van der Waals surface area contributed by atoms with Gasteiger partial charge in [-0.05, 0) is 74.6 Å². The maximum Gasteiger partial charge on any atom is 0.435 e. The lowest BCUT2D eigenvalue weighted by Gasteiger charge is -2.41. The zero-order valence-corrected chi connectivity index (χ0v) is 24.9. The van der Waals surface area contributed by atoms with Gasteiger partial charge < -0.3 is 10.0 Å². The van der Waals surface area contributed by atoms with E-state index in [0.717, 1.165) is 12.1 Å². The molecule has 0 bridgehead atoms. The van der Waals surface area contributed by atoms with Crippen LogP contribution in [0, 0.1) is 24.1 Å². The highest BCUT2D eigenvalue weighted by molar-refractivity contribution is 7.92. The van der Waals surface area contributed by atoms with Gasteiger partial charge in [-0.1, -0.05) is 37.3 Å². The number of alkyl halides is 7. The smallest absolute Gasteiger partial charge is 0.396 e. The quantitative estimate of drug-likeness (QED) is 0.330. The van der Waals surface area contributed by atoms with Gasteiger partial charge in [0.2, 0.25) is 5.91 Å². The molecular weight excluding hydrogens is 622 g/mol. The van der Waals surface area contributed by atoms with Gasteiger partial charge in [0, 0.05) is 30.7 Å². The molecule has 5 nitrogen and oxygen atoms in total. The van der Waals surface area contributed by atoms with Crippen molar-refractivity contribution in [3.05, 3.63) is 65.0 Å². The molecule has 1 saturated carbocycles. The molecule has 1 saturated heterocycles. The van der Waals surface area contributed by atoms with E-state index < -0.39 is 60.8 Å². The van der Waals surface area contributed by atoms with Gasteiger partial charge in [-0.2, -0.15) is 26.3 Å². The highest BCUT2D eigenvalue weighted by atomic mass is 32.2. The molecule has 1 N–H and O–H groups in total. The van der Waals surface area contributed by atoms with E-state index in [2.05, 4.69) is 0 Å². The molecule has 0 unspecified atom stereocenters. The second-order valence-electron chi connectivity index (χ2n) is 11.9. The average molecular weight is 656 g/mol. The summed E-state index contributed by atoms with van der Waals surface area (Å²) in [7, 11) is -4.64. The van der Waals surface area contributed by atoms with Gasteiger partial charge in [-0.25, -0.2) is 17.2 Å². The lowest BCUT2D eigenvalue weighted by Crippen LogP contribution is -2.50.